The number of amides is 6. The smallest absolute Gasteiger partial charge is 0.408 e. The van der Waals surface area contributed by atoms with E-state index in [9.17, 15) is 48.6 Å². The number of benzene rings is 3. The van der Waals surface area contributed by atoms with Crippen molar-refractivity contribution in [3.63, 3.8) is 0 Å². The average molecular weight is 1440 g/mol. The number of carbonyl (C=O) groups is 9. The van der Waals surface area contributed by atoms with Gasteiger partial charge in [0.2, 0.25) is 0 Å². The van der Waals surface area contributed by atoms with Gasteiger partial charge in [0, 0.05) is 40.3 Å². The van der Waals surface area contributed by atoms with Crippen LogP contribution in [0.15, 0.2) is 91.0 Å². The van der Waals surface area contributed by atoms with Crippen molar-refractivity contribution in [2.45, 2.75) is 269 Å². The number of alkyl carbamates (subject to hydrolysis) is 5. The van der Waals surface area contributed by atoms with Gasteiger partial charge >= 0.3 is 48.4 Å². The number of carbonyl (C=O) groups excluding carboxylic acids is 9. The molecular weight excluding hydrogens is 1330 g/mol. The van der Waals surface area contributed by atoms with Crippen LogP contribution in [-0.4, -0.2) is 204 Å². The molecule has 566 valence electrons. The van der Waals surface area contributed by atoms with Crippen molar-refractivity contribution in [1.82, 2.24) is 31.9 Å². The maximum Gasteiger partial charge on any atom is 0.408 e. The Morgan fingerprint density at radius 3 is 1.32 bits per heavy atom. The molecule has 7 unspecified atom stereocenters. The first-order chi connectivity index (χ1) is 47.4. The quantitative estimate of drug-likeness (QED) is 0.0266. The largest absolute Gasteiger partial charge is 0.458 e. The van der Waals surface area contributed by atoms with E-state index in [1.165, 1.54) is 0 Å². The fourth-order valence-electron chi connectivity index (χ4n) is 11.6. The Morgan fingerprint density at radius 1 is 0.461 bits per heavy atom. The summed E-state index contributed by atoms with van der Waals surface area (Å²) in [6.07, 6.45) is -26.0. The van der Waals surface area contributed by atoms with Crippen molar-refractivity contribution in [1.29, 1.82) is 0 Å². The van der Waals surface area contributed by atoms with E-state index >= 15 is 4.79 Å². The zero-order valence-electron chi connectivity index (χ0n) is 61.4. The first kappa shape index (κ1) is 82.6. The van der Waals surface area contributed by atoms with Crippen molar-refractivity contribution in [3.05, 3.63) is 108 Å². The van der Waals surface area contributed by atoms with E-state index in [0.29, 0.717) is 16.7 Å². The van der Waals surface area contributed by atoms with Gasteiger partial charge in [0.05, 0.1) is 24.8 Å². The Bertz CT molecular complexity index is 3200. The van der Waals surface area contributed by atoms with Crippen molar-refractivity contribution < 1.29 is 115 Å². The SMILES string of the molecule is CC(=O)O[C@@H](CCNC(=O)OC(C)(C)C)C(=O)NC1[C@H](O[C@H]2OC(COC(c3ccccc3)(c3ccccc3)c3ccccc3)[C@@H](O)C(NC(=O)OC(C)(C)C)[C@@H]2OC(C)=O)C(O)C(O[C@H]2OC(CNC(=O)OC(C)(C)C)CCC2NC(=O)OC(C)(C)C)[C@H](NC(=O)OC(C)(C)C)[C@H]1OC(C)=O. The minimum Gasteiger partial charge on any atom is -0.458 e. The van der Waals surface area contributed by atoms with E-state index in [1.54, 1.807) is 104 Å². The Labute approximate surface area is 595 Å². The first-order valence-electron chi connectivity index (χ1n) is 33.9. The normalized spacial score (nSPS) is 25.1. The lowest BCUT2D eigenvalue weighted by molar-refractivity contribution is -0.325. The minimum absolute atomic E-state index is 0.0295. The third kappa shape index (κ3) is 25.2. The second-order valence-corrected chi connectivity index (χ2v) is 30.0. The molecule has 3 fully saturated rings. The van der Waals surface area contributed by atoms with Crippen LogP contribution in [0.1, 0.15) is 161 Å². The van der Waals surface area contributed by atoms with Gasteiger partial charge < -0.3 is 104 Å². The molecule has 6 amide bonds. The summed E-state index contributed by atoms with van der Waals surface area (Å²) in [5, 5.41) is 42.4. The Kier molecular flexibility index (Phi) is 28.5. The molecule has 2 heterocycles. The molecular formula is C72H104N6O24. The van der Waals surface area contributed by atoms with Crippen LogP contribution in [0, 0.1) is 0 Å². The number of ether oxygens (including phenoxy) is 13. The van der Waals surface area contributed by atoms with Crippen molar-refractivity contribution in [2.75, 3.05) is 19.7 Å². The van der Waals surface area contributed by atoms with Crippen LogP contribution in [0.5, 0.6) is 0 Å². The van der Waals surface area contributed by atoms with Crippen LogP contribution in [0.25, 0.3) is 0 Å². The molecule has 8 N–H and O–H groups in total. The second-order valence-electron chi connectivity index (χ2n) is 30.0. The molecule has 6 rings (SSSR count). The number of aliphatic hydroxyl groups excluding tert-OH is 2. The molecule has 3 aromatic rings. The first-order valence-corrected chi connectivity index (χ1v) is 33.9. The van der Waals surface area contributed by atoms with Crippen LogP contribution in [-0.2, 0) is 86.4 Å². The van der Waals surface area contributed by atoms with Crippen LogP contribution < -0.4 is 31.9 Å². The average Bonchev–Trinajstić information content (AvgIpc) is 0.756. The molecule has 1 saturated carbocycles. The van der Waals surface area contributed by atoms with Gasteiger partial charge in [-0.1, -0.05) is 91.0 Å². The maximum atomic E-state index is 15.3. The molecule has 30 nitrogen and oxygen atoms in total. The summed E-state index contributed by atoms with van der Waals surface area (Å²) in [6, 6.07) is 20.5. The van der Waals surface area contributed by atoms with Gasteiger partial charge in [0.15, 0.2) is 24.8 Å². The van der Waals surface area contributed by atoms with Crippen molar-refractivity contribution in [2.24, 2.45) is 0 Å². The predicted molar refractivity (Wildman–Crippen MR) is 365 cm³/mol. The van der Waals surface area contributed by atoms with Crippen LogP contribution in [0.2, 0.25) is 0 Å². The Hall–Kier alpha value is -8.39. The zero-order valence-corrected chi connectivity index (χ0v) is 61.4. The molecule has 0 aromatic heterocycles. The molecule has 0 bridgehead atoms. The van der Waals surface area contributed by atoms with E-state index in [-0.39, 0.29) is 25.9 Å². The summed E-state index contributed by atoms with van der Waals surface area (Å²) < 4.78 is 80.1. The van der Waals surface area contributed by atoms with Crippen LogP contribution >= 0.6 is 0 Å². The van der Waals surface area contributed by atoms with Gasteiger partial charge in [-0.05, 0) is 133 Å². The molecule has 2 aliphatic heterocycles. The topological polar surface area (TPSA) is 386 Å². The Morgan fingerprint density at radius 2 is 0.873 bits per heavy atom. The molecule has 0 radical (unpaired) electrons. The van der Waals surface area contributed by atoms with Gasteiger partial charge in [-0.2, -0.15) is 0 Å². The fourth-order valence-corrected chi connectivity index (χ4v) is 11.6. The highest BCUT2D eigenvalue weighted by molar-refractivity contribution is 5.84. The summed E-state index contributed by atoms with van der Waals surface area (Å²) in [5.74, 6) is -4.27. The van der Waals surface area contributed by atoms with Gasteiger partial charge in [0.1, 0.15) is 82.3 Å². The second kappa shape index (κ2) is 35.2. The summed E-state index contributed by atoms with van der Waals surface area (Å²) in [4.78, 5) is 124. The lowest BCUT2D eigenvalue weighted by Gasteiger charge is -2.52. The van der Waals surface area contributed by atoms with E-state index in [4.69, 9.17) is 61.6 Å². The van der Waals surface area contributed by atoms with Crippen LogP contribution in [0.3, 0.4) is 0 Å². The summed E-state index contributed by atoms with van der Waals surface area (Å²) in [5.41, 5.74) is -4.94. The van der Waals surface area contributed by atoms with E-state index in [2.05, 4.69) is 31.9 Å². The predicted octanol–water partition coefficient (Wildman–Crippen LogP) is 7.13. The molecule has 3 aromatic carbocycles. The monoisotopic (exact) mass is 1440 g/mol. The van der Waals surface area contributed by atoms with Crippen molar-refractivity contribution in [3.8, 4) is 0 Å². The molecule has 102 heavy (non-hydrogen) atoms. The zero-order chi connectivity index (χ0) is 75.9. The van der Waals surface area contributed by atoms with Gasteiger partial charge in [0.25, 0.3) is 5.91 Å². The fraction of sp³-hybridized carbons (Fsp3) is 0.625. The lowest BCUT2D eigenvalue weighted by atomic mass is 9.80. The van der Waals surface area contributed by atoms with Gasteiger partial charge in [-0.15, -0.1) is 0 Å². The summed E-state index contributed by atoms with van der Waals surface area (Å²) >= 11 is 0. The Balaban J connectivity index is 1.61. The minimum atomic E-state index is -2.32. The highest BCUT2D eigenvalue weighted by Gasteiger charge is 2.60. The molecule has 15 atom stereocenters. The lowest BCUT2D eigenvalue weighted by Crippen LogP contribution is -2.76. The summed E-state index contributed by atoms with van der Waals surface area (Å²) in [7, 11) is 0. The van der Waals surface area contributed by atoms with Crippen molar-refractivity contribution >= 4 is 54.3 Å². The number of hydrogen-bond donors (Lipinski definition) is 8. The maximum absolute atomic E-state index is 15.3. The molecule has 3 aliphatic rings. The van der Waals surface area contributed by atoms with Gasteiger partial charge in [-0.25, -0.2) is 24.0 Å². The van der Waals surface area contributed by atoms with E-state index < -0.39 is 193 Å². The molecule has 1 aliphatic carbocycles. The highest BCUT2D eigenvalue weighted by Crippen LogP contribution is 2.42. The van der Waals surface area contributed by atoms with E-state index in [0.717, 1.165) is 20.8 Å². The van der Waals surface area contributed by atoms with Gasteiger partial charge in [-0.3, -0.25) is 19.2 Å². The summed E-state index contributed by atoms with van der Waals surface area (Å²) in [6.45, 7) is 26.0. The number of esters is 3. The molecule has 30 heteroatoms. The standard InChI is InChI=1S/C72H104N6O24/c1-40(79)91-48(36-37-73-62(85)98-67(4,5)6)59(84)76-51-55(92-41(2)80)52(78-66(89)102-71(16,17)18)57(96-60-47(75-64(87)100-69(10,11)12)35-34-46(94-60)38-74-63(86)99-68(7,8)9)54(83)56(51)97-61-58(93-42(3)81)50(77-65(88)101-70(13,14)15)53(82)49(95-61)39-90-72(43-28-22-19-23-29-43,44-30-24-20-25-31-44)45-32-26-21-27-33-45/h19-33,46-58,60-61,82-83H,34-39H2,1-18H3,(H,73,85)(H,74,86)(H,75,87)(H,76,84)(H,77,88)(H,78,89)/t46?,47?,48-,49?,50?,51?,52+,53+,54?,55-,56-,57?,58-,60+,61+/m0/s1. The number of rotatable bonds is 23. The van der Waals surface area contributed by atoms with Crippen LogP contribution in [0.4, 0.5) is 24.0 Å². The third-order valence-corrected chi connectivity index (χ3v) is 15.3. The molecule has 0 spiro atoms. The third-order valence-electron chi connectivity index (χ3n) is 15.3. The molecule has 2 saturated heterocycles. The number of hydrogen-bond acceptors (Lipinski definition) is 24. The number of aliphatic hydroxyl groups is 2. The highest BCUT2D eigenvalue weighted by atomic mass is 16.7. The van der Waals surface area contributed by atoms with E-state index in [1.807, 2.05) is 91.0 Å². The number of nitrogens with one attached hydrogen (secondary N) is 6.